The van der Waals surface area contributed by atoms with Crippen molar-refractivity contribution in [1.29, 1.82) is 0 Å². The monoisotopic (exact) mass is 323 g/mol. The molecule has 4 rings (SSSR count). The highest BCUT2D eigenvalue weighted by molar-refractivity contribution is 5.86. The minimum absolute atomic E-state index is 0.0768. The highest BCUT2D eigenvalue weighted by Crippen LogP contribution is 2.35. The van der Waals surface area contributed by atoms with Gasteiger partial charge in [0.2, 0.25) is 0 Å². The molecule has 0 spiro atoms. The molecule has 0 radical (unpaired) electrons. The summed E-state index contributed by atoms with van der Waals surface area (Å²) in [5, 5.41) is 15.7. The standard InChI is InChI=1S/C18H17N3O3/c1-24-13-5-6-16-15(10-13)14-7-8-19-17(18(14)20-16)11-3-2-4-12(9-11)21(22)23/h2-6,9-10,17,19-20H,7-8H2,1H3. The first-order chi connectivity index (χ1) is 11.7. The summed E-state index contributed by atoms with van der Waals surface area (Å²) in [6.45, 7) is 0.824. The molecule has 6 nitrogen and oxygen atoms in total. The van der Waals surface area contributed by atoms with Crippen LogP contribution >= 0.6 is 0 Å². The van der Waals surface area contributed by atoms with Gasteiger partial charge in [-0.3, -0.25) is 10.1 Å². The van der Waals surface area contributed by atoms with Gasteiger partial charge in [0.15, 0.2) is 0 Å². The van der Waals surface area contributed by atoms with Gasteiger partial charge in [0, 0.05) is 35.3 Å². The number of rotatable bonds is 3. The van der Waals surface area contributed by atoms with Crippen molar-refractivity contribution in [2.75, 3.05) is 13.7 Å². The molecule has 0 saturated carbocycles. The number of benzene rings is 2. The number of nitrogens with zero attached hydrogens (tertiary/aromatic N) is 1. The van der Waals surface area contributed by atoms with E-state index in [1.165, 1.54) is 11.6 Å². The Balaban J connectivity index is 1.84. The average Bonchev–Trinajstić information content (AvgIpc) is 2.99. The molecule has 2 N–H and O–H groups in total. The molecule has 1 aromatic heterocycles. The van der Waals surface area contributed by atoms with Crippen molar-refractivity contribution in [1.82, 2.24) is 10.3 Å². The topological polar surface area (TPSA) is 80.2 Å². The number of methoxy groups -OCH3 is 1. The Morgan fingerprint density at radius 1 is 1.25 bits per heavy atom. The van der Waals surface area contributed by atoms with E-state index in [1.54, 1.807) is 19.2 Å². The van der Waals surface area contributed by atoms with E-state index in [1.807, 2.05) is 24.3 Å². The molecule has 0 fully saturated rings. The summed E-state index contributed by atoms with van der Waals surface area (Å²) in [5.74, 6) is 0.828. The van der Waals surface area contributed by atoms with Gasteiger partial charge < -0.3 is 15.0 Å². The fourth-order valence-corrected chi connectivity index (χ4v) is 3.44. The van der Waals surface area contributed by atoms with E-state index in [0.29, 0.717) is 0 Å². The Morgan fingerprint density at radius 2 is 2.12 bits per heavy atom. The maximum atomic E-state index is 11.1. The minimum Gasteiger partial charge on any atom is -0.497 e. The normalized spacial score (nSPS) is 16.8. The van der Waals surface area contributed by atoms with Crippen molar-refractivity contribution in [2.24, 2.45) is 0 Å². The second kappa shape index (κ2) is 5.65. The number of ether oxygens (including phenoxy) is 1. The van der Waals surface area contributed by atoms with E-state index in [0.717, 1.165) is 40.9 Å². The van der Waals surface area contributed by atoms with Gasteiger partial charge in [-0.1, -0.05) is 12.1 Å². The smallest absolute Gasteiger partial charge is 0.269 e. The zero-order chi connectivity index (χ0) is 16.7. The number of nitro benzene ring substituents is 1. The molecule has 6 heteroatoms. The molecule has 0 aliphatic carbocycles. The Kier molecular flexibility index (Phi) is 3.46. The third kappa shape index (κ3) is 2.32. The number of fused-ring (bicyclic) bond motifs is 3. The first-order valence-corrected chi connectivity index (χ1v) is 7.83. The number of aromatic nitrogens is 1. The lowest BCUT2D eigenvalue weighted by Crippen LogP contribution is -2.30. The van der Waals surface area contributed by atoms with Gasteiger partial charge >= 0.3 is 0 Å². The first-order valence-electron chi connectivity index (χ1n) is 7.83. The van der Waals surface area contributed by atoms with Crippen LogP contribution in [0.15, 0.2) is 42.5 Å². The van der Waals surface area contributed by atoms with E-state index in [-0.39, 0.29) is 16.7 Å². The van der Waals surface area contributed by atoms with Gasteiger partial charge in [-0.25, -0.2) is 0 Å². The Labute approximate surface area is 138 Å². The third-order valence-corrected chi connectivity index (χ3v) is 4.57. The molecule has 24 heavy (non-hydrogen) atoms. The summed E-state index contributed by atoms with van der Waals surface area (Å²) in [5.41, 5.74) is 4.38. The van der Waals surface area contributed by atoms with Crippen molar-refractivity contribution in [2.45, 2.75) is 12.5 Å². The summed E-state index contributed by atoms with van der Waals surface area (Å²) >= 11 is 0. The molecular formula is C18H17N3O3. The molecule has 1 aliphatic heterocycles. The number of nitro groups is 1. The highest BCUT2D eigenvalue weighted by atomic mass is 16.6. The van der Waals surface area contributed by atoms with Crippen molar-refractivity contribution >= 4 is 16.6 Å². The fraction of sp³-hybridized carbons (Fsp3) is 0.222. The summed E-state index contributed by atoms with van der Waals surface area (Å²) in [7, 11) is 1.66. The number of hydrogen-bond donors (Lipinski definition) is 2. The molecular weight excluding hydrogens is 306 g/mol. The summed E-state index contributed by atoms with van der Waals surface area (Å²) in [6, 6.07) is 12.7. The molecule has 1 atom stereocenters. The lowest BCUT2D eigenvalue weighted by molar-refractivity contribution is -0.384. The van der Waals surface area contributed by atoms with Crippen LogP contribution in [0.4, 0.5) is 5.69 Å². The molecule has 3 aromatic rings. The van der Waals surface area contributed by atoms with Crippen LogP contribution in [0.5, 0.6) is 5.75 Å². The van der Waals surface area contributed by atoms with Gasteiger partial charge in [-0.05, 0) is 35.7 Å². The van der Waals surface area contributed by atoms with Crippen LogP contribution in [0.1, 0.15) is 22.9 Å². The van der Waals surface area contributed by atoms with Crippen LogP contribution in [-0.2, 0) is 6.42 Å². The van der Waals surface area contributed by atoms with Crippen molar-refractivity contribution in [3.05, 3.63) is 69.4 Å². The van der Waals surface area contributed by atoms with Crippen molar-refractivity contribution < 1.29 is 9.66 Å². The second-order valence-electron chi connectivity index (χ2n) is 5.92. The maximum absolute atomic E-state index is 11.1. The Bertz CT molecular complexity index is 932. The fourth-order valence-electron chi connectivity index (χ4n) is 3.44. The van der Waals surface area contributed by atoms with E-state index in [9.17, 15) is 10.1 Å². The molecule has 1 unspecified atom stereocenters. The van der Waals surface area contributed by atoms with Crippen molar-refractivity contribution in [3.8, 4) is 5.75 Å². The van der Waals surface area contributed by atoms with Gasteiger partial charge in [0.25, 0.3) is 5.69 Å². The van der Waals surface area contributed by atoms with E-state index in [4.69, 9.17) is 4.74 Å². The Morgan fingerprint density at radius 3 is 2.92 bits per heavy atom. The Hall–Kier alpha value is -2.86. The average molecular weight is 323 g/mol. The molecule has 2 aromatic carbocycles. The van der Waals surface area contributed by atoms with Gasteiger partial charge in [0.1, 0.15) is 5.75 Å². The molecule has 1 aliphatic rings. The maximum Gasteiger partial charge on any atom is 0.269 e. The molecule has 122 valence electrons. The molecule has 0 saturated heterocycles. The second-order valence-corrected chi connectivity index (χ2v) is 5.92. The predicted molar refractivity (Wildman–Crippen MR) is 91.5 cm³/mol. The van der Waals surface area contributed by atoms with Crippen LogP contribution in [0, 0.1) is 10.1 Å². The van der Waals surface area contributed by atoms with Crippen LogP contribution in [0.3, 0.4) is 0 Å². The van der Waals surface area contributed by atoms with E-state index < -0.39 is 0 Å². The third-order valence-electron chi connectivity index (χ3n) is 4.57. The molecule has 0 amide bonds. The van der Waals surface area contributed by atoms with Gasteiger partial charge in [-0.15, -0.1) is 0 Å². The summed E-state index contributed by atoms with van der Waals surface area (Å²) in [4.78, 5) is 14.2. The minimum atomic E-state index is -0.358. The number of non-ortho nitro benzene ring substituents is 1. The van der Waals surface area contributed by atoms with Crippen molar-refractivity contribution in [3.63, 3.8) is 0 Å². The van der Waals surface area contributed by atoms with E-state index >= 15 is 0 Å². The van der Waals surface area contributed by atoms with Crippen LogP contribution in [0.2, 0.25) is 0 Å². The largest absolute Gasteiger partial charge is 0.497 e. The lowest BCUT2D eigenvalue weighted by atomic mass is 9.94. The van der Waals surface area contributed by atoms with Gasteiger partial charge in [0.05, 0.1) is 18.1 Å². The van der Waals surface area contributed by atoms with Crippen LogP contribution in [-0.4, -0.2) is 23.6 Å². The number of aromatic amines is 1. The number of H-pyrrole nitrogens is 1. The highest BCUT2D eigenvalue weighted by Gasteiger charge is 2.26. The first kappa shape index (κ1) is 14.7. The quantitative estimate of drug-likeness (QED) is 0.572. The van der Waals surface area contributed by atoms with Gasteiger partial charge in [-0.2, -0.15) is 0 Å². The van der Waals surface area contributed by atoms with Crippen LogP contribution < -0.4 is 10.1 Å². The molecule has 0 bridgehead atoms. The summed E-state index contributed by atoms with van der Waals surface area (Å²) < 4.78 is 5.33. The van der Waals surface area contributed by atoms with E-state index in [2.05, 4.69) is 10.3 Å². The predicted octanol–water partition coefficient (Wildman–Crippen LogP) is 3.32. The van der Waals surface area contributed by atoms with Crippen LogP contribution in [0.25, 0.3) is 10.9 Å². The lowest BCUT2D eigenvalue weighted by Gasteiger charge is -2.24. The number of nitrogens with one attached hydrogen (secondary N) is 2. The zero-order valence-electron chi connectivity index (χ0n) is 13.2. The zero-order valence-corrected chi connectivity index (χ0v) is 13.2. The molecule has 2 heterocycles. The number of hydrogen-bond acceptors (Lipinski definition) is 4. The summed E-state index contributed by atoms with van der Waals surface area (Å²) in [6.07, 6.45) is 0.911. The SMILES string of the molecule is COc1ccc2[nH]c3c(c2c1)CCNC3c1cccc([N+](=O)[O-])c1.